The molecule has 0 saturated carbocycles. The lowest BCUT2D eigenvalue weighted by Gasteiger charge is -2.34. The van der Waals surface area contributed by atoms with Crippen molar-refractivity contribution in [3.63, 3.8) is 0 Å². The van der Waals surface area contributed by atoms with Gasteiger partial charge in [-0.15, -0.1) is 17.9 Å². The third-order valence-corrected chi connectivity index (χ3v) is 4.79. The Labute approximate surface area is 149 Å². The summed E-state index contributed by atoms with van der Waals surface area (Å²) in [4.78, 5) is 27.7. The van der Waals surface area contributed by atoms with Crippen LogP contribution in [0.1, 0.15) is 23.6 Å². The minimum Gasteiger partial charge on any atom is -0.360 e. The maximum atomic E-state index is 12.9. The smallest absolute Gasteiger partial charge is 0.322 e. The van der Waals surface area contributed by atoms with E-state index < -0.39 is 6.04 Å². The first-order chi connectivity index (χ1) is 12.0. The molecule has 0 unspecified atom stereocenters. The average Bonchev–Trinajstić information content (AvgIpc) is 3.22. The van der Waals surface area contributed by atoms with Gasteiger partial charge in [-0.05, 0) is 25.3 Å². The lowest BCUT2D eigenvalue weighted by Crippen LogP contribution is -2.48. The van der Waals surface area contributed by atoms with Crippen LogP contribution in [0.2, 0.25) is 0 Å². The third kappa shape index (κ3) is 3.34. The van der Waals surface area contributed by atoms with Gasteiger partial charge in [-0.3, -0.25) is 9.69 Å². The molecule has 7 nitrogen and oxygen atoms in total. The molecule has 3 rings (SSSR count). The Kier molecular flexibility index (Phi) is 4.71. The quantitative estimate of drug-likeness (QED) is 0.804. The van der Waals surface area contributed by atoms with Crippen LogP contribution in [0, 0.1) is 6.92 Å². The molecule has 130 valence electrons. The van der Waals surface area contributed by atoms with Gasteiger partial charge in [0.05, 0.1) is 11.6 Å². The number of amides is 3. The van der Waals surface area contributed by atoms with Crippen LogP contribution in [0.4, 0.5) is 10.6 Å². The van der Waals surface area contributed by atoms with Crippen LogP contribution in [0.3, 0.4) is 0 Å². The molecule has 3 amide bonds. The van der Waals surface area contributed by atoms with Crippen LogP contribution in [0.5, 0.6) is 0 Å². The molecule has 0 aromatic carbocycles. The summed E-state index contributed by atoms with van der Waals surface area (Å²) in [5.74, 6) is 0.596. The van der Waals surface area contributed by atoms with Gasteiger partial charge in [0, 0.05) is 23.2 Å². The number of nitrogens with zero attached hydrogens (tertiary/aromatic N) is 2. The molecule has 0 spiro atoms. The van der Waals surface area contributed by atoms with E-state index in [1.807, 2.05) is 17.5 Å². The number of rotatable bonds is 5. The zero-order valence-electron chi connectivity index (χ0n) is 13.9. The number of hydrogen-bond acceptors (Lipinski definition) is 5. The Morgan fingerprint density at radius 2 is 2.36 bits per heavy atom. The fraction of sp³-hybridized carbons (Fsp3) is 0.235. The second-order valence-corrected chi connectivity index (χ2v) is 6.55. The van der Waals surface area contributed by atoms with Crippen LogP contribution >= 0.6 is 11.3 Å². The highest BCUT2D eigenvalue weighted by Gasteiger charge is 2.35. The van der Waals surface area contributed by atoms with E-state index in [0.29, 0.717) is 29.4 Å². The first-order valence-corrected chi connectivity index (χ1v) is 8.57. The van der Waals surface area contributed by atoms with Crippen LogP contribution < -0.4 is 10.6 Å². The van der Waals surface area contributed by atoms with Gasteiger partial charge in [0.15, 0.2) is 5.82 Å². The summed E-state index contributed by atoms with van der Waals surface area (Å²) < 4.78 is 4.98. The van der Waals surface area contributed by atoms with Gasteiger partial charge in [0.2, 0.25) is 0 Å². The summed E-state index contributed by atoms with van der Waals surface area (Å²) in [5.41, 5.74) is 1.05. The lowest BCUT2D eigenvalue weighted by molar-refractivity contribution is -0.113. The molecular formula is C17H18N4O3S. The van der Waals surface area contributed by atoms with E-state index in [1.165, 1.54) is 16.2 Å². The minimum absolute atomic E-state index is 0.260. The van der Waals surface area contributed by atoms with Crippen molar-refractivity contribution in [3.8, 4) is 0 Å². The topological polar surface area (TPSA) is 87.5 Å². The van der Waals surface area contributed by atoms with Crippen LogP contribution in [-0.4, -0.2) is 28.5 Å². The standard InChI is InChI=1S/C17H18N4O3S/c1-4-7-21-11(3)14(16(22)18-13-9-10(2)24-20-13)15(19-17(21)23)12-6-5-8-25-12/h4-6,8-9,15H,1,7H2,2-3H3,(H,19,23)(H,18,20,22)/t15-/m1/s1. The van der Waals surface area contributed by atoms with E-state index in [0.717, 1.165) is 4.88 Å². The second kappa shape index (κ2) is 6.94. The number of carbonyl (C=O) groups excluding carboxylic acids is 2. The van der Waals surface area contributed by atoms with Crippen LogP contribution in [0.25, 0.3) is 0 Å². The van der Waals surface area contributed by atoms with E-state index in [2.05, 4.69) is 22.4 Å². The number of aryl methyl sites for hydroxylation is 1. The lowest BCUT2D eigenvalue weighted by atomic mass is 9.99. The summed E-state index contributed by atoms with van der Waals surface area (Å²) in [7, 11) is 0. The number of aromatic nitrogens is 1. The van der Waals surface area contributed by atoms with Crippen molar-refractivity contribution in [1.82, 2.24) is 15.4 Å². The second-order valence-electron chi connectivity index (χ2n) is 5.57. The predicted molar refractivity (Wildman–Crippen MR) is 95.1 cm³/mol. The number of thiophene rings is 1. The number of carbonyl (C=O) groups is 2. The highest BCUT2D eigenvalue weighted by molar-refractivity contribution is 7.10. The first kappa shape index (κ1) is 17.0. The Hall–Kier alpha value is -2.87. The Bertz CT molecular complexity index is 838. The van der Waals surface area contributed by atoms with Crippen LogP contribution in [-0.2, 0) is 4.79 Å². The molecule has 2 N–H and O–H groups in total. The SMILES string of the molecule is C=CCN1C(=O)N[C@H](c2cccs2)C(C(=O)Nc2cc(C)on2)=C1C. The summed E-state index contributed by atoms with van der Waals surface area (Å²) in [5, 5.41) is 11.3. The summed E-state index contributed by atoms with van der Waals surface area (Å²) in [6, 6.07) is 4.64. The fourth-order valence-corrected chi connectivity index (χ4v) is 3.49. The first-order valence-electron chi connectivity index (χ1n) is 7.69. The molecule has 0 fully saturated rings. The normalized spacial score (nSPS) is 17.4. The zero-order chi connectivity index (χ0) is 18.0. The molecule has 0 aliphatic carbocycles. The molecule has 1 atom stereocenters. The Morgan fingerprint density at radius 1 is 1.56 bits per heavy atom. The summed E-state index contributed by atoms with van der Waals surface area (Å²) in [6.45, 7) is 7.48. The maximum Gasteiger partial charge on any atom is 0.322 e. The van der Waals surface area contributed by atoms with Gasteiger partial charge < -0.3 is 15.2 Å². The van der Waals surface area contributed by atoms with Crippen molar-refractivity contribution >= 4 is 29.1 Å². The van der Waals surface area contributed by atoms with E-state index >= 15 is 0 Å². The maximum absolute atomic E-state index is 12.9. The molecule has 3 heterocycles. The molecule has 0 bridgehead atoms. The molecular weight excluding hydrogens is 340 g/mol. The van der Waals surface area contributed by atoms with Gasteiger partial charge in [-0.1, -0.05) is 17.3 Å². The van der Waals surface area contributed by atoms with Gasteiger partial charge in [-0.2, -0.15) is 0 Å². The van der Waals surface area contributed by atoms with E-state index in [9.17, 15) is 9.59 Å². The van der Waals surface area contributed by atoms with E-state index in [4.69, 9.17) is 4.52 Å². The van der Waals surface area contributed by atoms with Crippen molar-refractivity contribution in [2.45, 2.75) is 19.9 Å². The molecule has 0 radical (unpaired) electrons. The number of nitrogens with one attached hydrogen (secondary N) is 2. The van der Waals surface area contributed by atoms with Crippen molar-refractivity contribution in [1.29, 1.82) is 0 Å². The molecule has 2 aromatic heterocycles. The van der Waals surface area contributed by atoms with Gasteiger partial charge >= 0.3 is 6.03 Å². The van der Waals surface area contributed by atoms with Crippen LogP contribution in [0.15, 0.2) is 52.0 Å². The Morgan fingerprint density at radius 3 is 2.96 bits per heavy atom. The monoisotopic (exact) mass is 358 g/mol. The number of urea groups is 1. The number of hydrogen-bond donors (Lipinski definition) is 2. The zero-order valence-corrected chi connectivity index (χ0v) is 14.7. The number of allylic oxidation sites excluding steroid dienone is 1. The highest BCUT2D eigenvalue weighted by Crippen LogP contribution is 2.33. The fourth-order valence-electron chi connectivity index (χ4n) is 2.70. The molecule has 1 aliphatic rings. The summed E-state index contributed by atoms with van der Waals surface area (Å²) in [6.07, 6.45) is 1.62. The van der Waals surface area contributed by atoms with Crippen molar-refractivity contribution in [3.05, 3.63) is 58.1 Å². The molecule has 1 aliphatic heterocycles. The van der Waals surface area contributed by atoms with Gasteiger partial charge in [-0.25, -0.2) is 4.79 Å². The molecule has 0 saturated heterocycles. The van der Waals surface area contributed by atoms with Crippen molar-refractivity contribution in [2.75, 3.05) is 11.9 Å². The van der Waals surface area contributed by atoms with E-state index in [-0.39, 0.29) is 11.9 Å². The largest absolute Gasteiger partial charge is 0.360 e. The Balaban J connectivity index is 1.99. The predicted octanol–water partition coefficient (Wildman–Crippen LogP) is 3.21. The minimum atomic E-state index is -0.512. The number of anilines is 1. The molecule has 25 heavy (non-hydrogen) atoms. The van der Waals surface area contributed by atoms with Crippen molar-refractivity contribution < 1.29 is 14.1 Å². The van der Waals surface area contributed by atoms with Gasteiger partial charge in [0.25, 0.3) is 5.91 Å². The highest BCUT2D eigenvalue weighted by atomic mass is 32.1. The third-order valence-electron chi connectivity index (χ3n) is 3.85. The van der Waals surface area contributed by atoms with Gasteiger partial charge in [0.1, 0.15) is 5.76 Å². The van der Waals surface area contributed by atoms with Crippen molar-refractivity contribution in [2.24, 2.45) is 0 Å². The molecule has 8 heteroatoms. The molecule has 2 aromatic rings. The average molecular weight is 358 g/mol. The summed E-state index contributed by atoms with van der Waals surface area (Å²) >= 11 is 1.48. The van der Waals surface area contributed by atoms with E-state index in [1.54, 1.807) is 26.0 Å².